The summed E-state index contributed by atoms with van der Waals surface area (Å²) in [5, 5.41) is 2.23. The Labute approximate surface area is 191 Å². The lowest BCUT2D eigenvalue weighted by molar-refractivity contribution is -0.156. The SMILES string of the molecule is CC(C)OC(=O)C(Cc1ccccc1)N1COc2ccc3c(oc(=O)c4ccccc43)c2C1. The number of carbonyl (C=O) groups is 1. The van der Waals surface area contributed by atoms with Crippen LogP contribution in [0.25, 0.3) is 21.7 Å². The molecule has 1 atom stereocenters. The first-order valence-corrected chi connectivity index (χ1v) is 11.1. The van der Waals surface area contributed by atoms with Crippen molar-refractivity contribution in [3.05, 3.63) is 88.3 Å². The molecule has 6 nitrogen and oxygen atoms in total. The molecule has 33 heavy (non-hydrogen) atoms. The Kier molecular flexibility index (Phi) is 5.60. The van der Waals surface area contributed by atoms with Gasteiger partial charge in [-0.3, -0.25) is 9.69 Å². The lowest BCUT2D eigenvalue weighted by Gasteiger charge is -2.34. The summed E-state index contributed by atoms with van der Waals surface area (Å²) in [6.45, 7) is 4.32. The Morgan fingerprint density at radius 3 is 2.45 bits per heavy atom. The van der Waals surface area contributed by atoms with E-state index in [9.17, 15) is 9.59 Å². The minimum atomic E-state index is -0.537. The van der Waals surface area contributed by atoms with Gasteiger partial charge >= 0.3 is 11.6 Å². The first-order valence-electron chi connectivity index (χ1n) is 11.1. The lowest BCUT2D eigenvalue weighted by atomic mass is 10.0. The van der Waals surface area contributed by atoms with Gasteiger partial charge in [0.25, 0.3) is 0 Å². The monoisotopic (exact) mass is 443 g/mol. The fourth-order valence-electron chi connectivity index (χ4n) is 4.38. The van der Waals surface area contributed by atoms with Gasteiger partial charge in [-0.1, -0.05) is 48.5 Å². The molecule has 0 saturated heterocycles. The van der Waals surface area contributed by atoms with Gasteiger partial charge in [-0.15, -0.1) is 0 Å². The molecule has 5 rings (SSSR count). The van der Waals surface area contributed by atoms with Gasteiger partial charge in [-0.2, -0.15) is 0 Å². The molecule has 0 saturated carbocycles. The molecule has 0 radical (unpaired) electrons. The number of hydrogen-bond acceptors (Lipinski definition) is 6. The van der Waals surface area contributed by atoms with Gasteiger partial charge in [0, 0.05) is 11.9 Å². The van der Waals surface area contributed by atoms with Crippen molar-refractivity contribution < 1.29 is 18.7 Å². The van der Waals surface area contributed by atoms with E-state index in [1.807, 2.05) is 79.4 Å². The summed E-state index contributed by atoms with van der Waals surface area (Å²) >= 11 is 0. The van der Waals surface area contributed by atoms with Crippen LogP contribution < -0.4 is 10.4 Å². The molecule has 6 heteroatoms. The van der Waals surface area contributed by atoms with Gasteiger partial charge in [0.1, 0.15) is 24.1 Å². The van der Waals surface area contributed by atoms with Gasteiger partial charge in [0.2, 0.25) is 0 Å². The summed E-state index contributed by atoms with van der Waals surface area (Å²) in [4.78, 5) is 27.7. The number of esters is 1. The molecule has 0 spiro atoms. The summed E-state index contributed by atoms with van der Waals surface area (Å²) in [6, 6.07) is 20.5. The van der Waals surface area contributed by atoms with Crippen LogP contribution >= 0.6 is 0 Å². The van der Waals surface area contributed by atoms with Crippen LogP contribution in [0.2, 0.25) is 0 Å². The van der Waals surface area contributed by atoms with Crippen molar-refractivity contribution in [1.82, 2.24) is 4.90 Å². The Hall–Kier alpha value is -3.64. The Balaban J connectivity index is 1.56. The van der Waals surface area contributed by atoms with Crippen LogP contribution in [0, 0.1) is 0 Å². The van der Waals surface area contributed by atoms with Crippen LogP contribution in [0.3, 0.4) is 0 Å². The van der Waals surface area contributed by atoms with Crippen molar-refractivity contribution in [2.75, 3.05) is 6.73 Å². The molecule has 0 bridgehead atoms. The first-order chi connectivity index (χ1) is 16.0. The molecule has 4 aromatic rings. The molecular formula is C27H25NO5. The molecule has 0 N–H and O–H groups in total. The zero-order valence-electron chi connectivity index (χ0n) is 18.6. The third kappa shape index (κ3) is 4.10. The fourth-order valence-corrected chi connectivity index (χ4v) is 4.38. The van der Waals surface area contributed by atoms with Gasteiger partial charge in [0.15, 0.2) is 0 Å². The lowest BCUT2D eigenvalue weighted by Crippen LogP contribution is -2.47. The minimum absolute atomic E-state index is 0.223. The average Bonchev–Trinajstić information content (AvgIpc) is 2.82. The van der Waals surface area contributed by atoms with Crippen LogP contribution in [0.5, 0.6) is 5.75 Å². The maximum Gasteiger partial charge on any atom is 0.344 e. The molecule has 3 aromatic carbocycles. The summed E-state index contributed by atoms with van der Waals surface area (Å²) < 4.78 is 17.4. The minimum Gasteiger partial charge on any atom is -0.478 e. The molecule has 168 valence electrons. The number of carbonyl (C=O) groups excluding carboxylic acids is 1. The van der Waals surface area contributed by atoms with E-state index >= 15 is 0 Å². The van der Waals surface area contributed by atoms with Crippen molar-refractivity contribution >= 4 is 27.7 Å². The van der Waals surface area contributed by atoms with E-state index < -0.39 is 6.04 Å². The number of hydrogen-bond donors (Lipinski definition) is 0. The molecule has 1 aliphatic rings. The molecule has 1 unspecified atom stereocenters. The highest BCUT2D eigenvalue weighted by molar-refractivity contribution is 6.05. The highest BCUT2D eigenvalue weighted by Gasteiger charge is 2.33. The van der Waals surface area contributed by atoms with E-state index in [4.69, 9.17) is 13.9 Å². The van der Waals surface area contributed by atoms with Crippen LogP contribution in [-0.2, 0) is 22.5 Å². The van der Waals surface area contributed by atoms with Crippen molar-refractivity contribution in [3.63, 3.8) is 0 Å². The third-order valence-electron chi connectivity index (χ3n) is 5.93. The Bertz CT molecular complexity index is 1380. The van der Waals surface area contributed by atoms with E-state index in [1.165, 1.54) is 0 Å². The quantitative estimate of drug-likeness (QED) is 0.254. The molecule has 1 aliphatic heterocycles. The standard InChI is InChI=1S/C27H25NO5/c1-17(2)32-27(30)23(14-18-8-4-3-5-9-18)28-15-22-24(31-16-28)13-12-20-19-10-6-7-11-21(19)26(29)33-25(20)22/h3-13,17,23H,14-16H2,1-2H3. The van der Waals surface area contributed by atoms with Crippen molar-refractivity contribution in [3.8, 4) is 5.75 Å². The predicted molar refractivity (Wildman–Crippen MR) is 126 cm³/mol. The zero-order chi connectivity index (χ0) is 22.9. The second-order valence-electron chi connectivity index (χ2n) is 8.57. The van der Waals surface area contributed by atoms with Gasteiger partial charge in [-0.05, 0) is 49.4 Å². The van der Waals surface area contributed by atoms with Crippen LogP contribution in [0.4, 0.5) is 0 Å². The molecule has 2 heterocycles. The summed E-state index contributed by atoms with van der Waals surface area (Å²) in [5.74, 6) is 0.362. The van der Waals surface area contributed by atoms with E-state index in [1.54, 1.807) is 6.07 Å². The second-order valence-corrected chi connectivity index (χ2v) is 8.57. The highest BCUT2D eigenvalue weighted by atomic mass is 16.5. The van der Waals surface area contributed by atoms with Crippen LogP contribution in [0.15, 0.2) is 75.9 Å². The molecule has 0 fully saturated rings. The van der Waals surface area contributed by atoms with Crippen molar-refractivity contribution in [2.24, 2.45) is 0 Å². The summed E-state index contributed by atoms with van der Waals surface area (Å²) in [5.41, 5.74) is 1.90. The molecular weight excluding hydrogens is 418 g/mol. The molecule has 1 aromatic heterocycles. The largest absolute Gasteiger partial charge is 0.478 e. The number of rotatable bonds is 5. The summed E-state index contributed by atoms with van der Waals surface area (Å²) in [6.07, 6.45) is 0.266. The molecule has 0 amide bonds. The maximum atomic E-state index is 13.1. The van der Waals surface area contributed by atoms with Crippen molar-refractivity contribution in [2.45, 2.75) is 39.0 Å². The number of nitrogens with zero attached hydrogens (tertiary/aromatic N) is 1. The predicted octanol–water partition coefficient (Wildman–Crippen LogP) is 4.66. The Morgan fingerprint density at radius 1 is 0.970 bits per heavy atom. The number of ether oxygens (including phenoxy) is 2. The summed E-state index contributed by atoms with van der Waals surface area (Å²) in [7, 11) is 0. The van der Waals surface area contributed by atoms with Crippen LogP contribution in [-0.4, -0.2) is 29.7 Å². The normalized spacial score (nSPS) is 14.8. The number of benzene rings is 3. The molecule has 0 aliphatic carbocycles. The van der Waals surface area contributed by atoms with E-state index in [0.717, 1.165) is 21.9 Å². The van der Waals surface area contributed by atoms with Gasteiger partial charge in [-0.25, -0.2) is 4.79 Å². The highest BCUT2D eigenvalue weighted by Crippen LogP contribution is 2.35. The van der Waals surface area contributed by atoms with Crippen LogP contribution in [0.1, 0.15) is 25.0 Å². The first kappa shape index (κ1) is 21.2. The van der Waals surface area contributed by atoms with Gasteiger partial charge < -0.3 is 13.9 Å². The average molecular weight is 443 g/mol. The number of fused-ring (bicyclic) bond motifs is 5. The van der Waals surface area contributed by atoms with Gasteiger partial charge in [0.05, 0.1) is 17.1 Å². The second kappa shape index (κ2) is 8.71. The van der Waals surface area contributed by atoms with Crippen molar-refractivity contribution in [1.29, 1.82) is 0 Å². The van der Waals surface area contributed by atoms with E-state index in [-0.39, 0.29) is 24.4 Å². The van der Waals surface area contributed by atoms with E-state index in [0.29, 0.717) is 29.7 Å². The fraction of sp³-hybridized carbons (Fsp3) is 0.259. The Morgan fingerprint density at radius 2 is 1.70 bits per heavy atom. The topological polar surface area (TPSA) is 69.0 Å². The third-order valence-corrected chi connectivity index (χ3v) is 5.93. The smallest absolute Gasteiger partial charge is 0.344 e. The van der Waals surface area contributed by atoms with E-state index in [2.05, 4.69) is 0 Å². The zero-order valence-corrected chi connectivity index (χ0v) is 18.6. The maximum absolute atomic E-state index is 13.1.